The number of aryl methyl sites for hydroxylation is 4. The van der Waals surface area contributed by atoms with E-state index in [1.807, 2.05) is 58.0 Å². The highest BCUT2D eigenvalue weighted by Gasteiger charge is 2.27. The fourth-order valence-electron chi connectivity index (χ4n) is 3.34. The predicted molar refractivity (Wildman–Crippen MR) is 125 cm³/mol. The Morgan fingerprint density at radius 2 is 1.29 bits per heavy atom. The lowest BCUT2D eigenvalue weighted by Crippen LogP contribution is -2.40. The molecule has 3 aromatic rings. The third-order valence-electron chi connectivity index (χ3n) is 5.00. The number of hydrogen-bond acceptors (Lipinski definition) is 3. The summed E-state index contributed by atoms with van der Waals surface area (Å²) in [7, 11) is -3.92. The van der Waals surface area contributed by atoms with E-state index < -0.39 is 10.0 Å². The van der Waals surface area contributed by atoms with E-state index in [9.17, 15) is 13.2 Å². The zero-order valence-electron chi connectivity index (χ0n) is 18.3. The summed E-state index contributed by atoms with van der Waals surface area (Å²) in [5.74, 6) is -0.365. The van der Waals surface area contributed by atoms with E-state index in [1.165, 1.54) is 4.31 Å². The van der Waals surface area contributed by atoms with Gasteiger partial charge in [0.2, 0.25) is 5.91 Å². The Kier molecular flexibility index (Phi) is 6.81. The van der Waals surface area contributed by atoms with E-state index in [1.54, 1.807) is 36.4 Å². The zero-order chi connectivity index (χ0) is 22.6. The van der Waals surface area contributed by atoms with E-state index in [0.29, 0.717) is 12.2 Å². The highest BCUT2D eigenvalue weighted by atomic mass is 32.2. The molecule has 0 fully saturated rings. The second-order valence-corrected chi connectivity index (χ2v) is 9.80. The fourth-order valence-corrected chi connectivity index (χ4v) is 4.74. The maximum Gasteiger partial charge on any atom is 0.264 e. The molecule has 0 saturated heterocycles. The molecule has 0 atom stereocenters. The van der Waals surface area contributed by atoms with Gasteiger partial charge in [-0.05, 0) is 68.7 Å². The molecule has 3 aromatic carbocycles. The smallest absolute Gasteiger partial charge is 0.264 e. The Balaban J connectivity index is 1.89. The quantitative estimate of drug-likeness (QED) is 0.596. The monoisotopic (exact) mass is 436 g/mol. The van der Waals surface area contributed by atoms with Gasteiger partial charge in [-0.25, -0.2) is 8.42 Å². The first-order valence-corrected chi connectivity index (χ1v) is 11.6. The molecule has 0 aromatic heterocycles. The number of carbonyl (C=O) groups is 1. The van der Waals surface area contributed by atoms with Crippen molar-refractivity contribution in [3.05, 3.63) is 94.5 Å². The van der Waals surface area contributed by atoms with Crippen LogP contribution < -0.4 is 9.62 Å². The molecule has 31 heavy (non-hydrogen) atoms. The van der Waals surface area contributed by atoms with Crippen molar-refractivity contribution in [1.29, 1.82) is 0 Å². The molecule has 162 valence electrons. The topological polar surface area (TPSA) is 66.5 Å². The first kappa shape index (κ1) is 22.6. The van der Waals surface area contributed by atoms with Crippen molar-refractivity contribution in [3.63, 3.8) is 0 Å². The Hall–Kier alpha value is -3.12. The third-order valence-corrected chi connectivity index (χ3v) is 6.79. The molecule has 1 N–H and O–H groups in total. The van der Waals surface area contributed by atoms with Gasteiger partial charge in [0.25, 0.3) is 10.0 Å². The van der Waals surface area contributed by atoms with Crippen molar-refractivity contribution in [3.8, 4) is 0 Å². The van der Waals surface area contributed by atoms with Crippen molar-refractivity contribution in [2.75, 3.05) is 10.8 Å². The number of anilines is 1. The van der Waals surface area contributed by atoms with Gasteiger partial charge in [-0.15, -0.1) is 0 Å². The number of rotatable bonds is 7. The van der Waals surface area contributed by atoms with E-state index in [4.69, 9.17) is 0 Å². The van der Waals surface area contributed by atoms with Crippen molar-refractivity contribution < 1.29 is 13.2 Å². The summed E-state index contributed by atoms with van der Waals surface area (Å²) < 4.78 is 28.1. The molecule has 1 amide bonds. The molecule has 0 saturated carbocycles. The van der Waals surface area contributed by atoms with Crippen LogP contribution in [-0.4, -0.2) is 20.9 Å². The lowest BCUT2D eigenvalue weighted by Gasteiger charge is -2.25. The van der Waals surface area contributed by atoms with Crippen LogP contribution in [0.4, 0.5) is 5.69 Å². The molecule has 0 heterocycles. The van der Waals surface area contributed by atoms with Crippen LogP contribution >= 0.6 is 0 Å². The van der Waals surface area contributed by atoms with Gasteiger partial charge in [0.1, 0.15) is 6.54 Å². The Morgan fingerprint density at radius 1 is 0.774 bits per heavy atom. The first-order chi connectivity index (χ1) is 14.6. The molecule has 3 rings (SSSR count). The minimum atomic E-state index is -3.92. The molecule has 0 aliphatic rings. The summed E-state index contributed by atoms with van der Waals surface area (Å²) in [6, 6.07) is 20.0. The average Bonchev–Trinajstić information content (AvgIpc) is 2.71. The van der Waals surface area contributed by atoms with Crippen LogP contribution in [-0.2, 0) is 21.4 Å². The van der Waals surface area contributed by atoms with Gasteiger partial charge in [-0.2, -0.15) is 0 Å². The van der Waals surface area contributed by atoms with Crippen LogP contribution in [0.1, 0.15) is 27.8 Å². The van der Waals surface area contributed by atoms with Crippen LogP contribution in [0.5, 0.6) is 0 Å². The average molecular weight is 437 g/mol. The third kappa shape index (κ3) is 5.73. The molecule has 0 spiro atoms. The number of nitrogens with one attached hydrogen (secondary N) is 1. The summed E-state index contributed by atoms with van der Waals surface area (Å²) in [5, 5.41) is 2.84. The Bertz CT molecular complexity index is 1150. The largest absolute Gasteiger partial charge is 0.350 e. The molecule has 5 nitrogen and oxygen atoms in total. The van der Waals surface area contributed by atoms with E-state index in [-0.39, 0.29) is 17.3 Å². The molecule has 0 unspecified atom stereocenters. The van der Waals surface area contributed by atoms with Crippen LogP contribution in [0.3, 0.4) is 0 Å². The highest BCUT2D eigenvalue weighted by Crippen LogP contribution is 2.26. The number of sulfonamides is 1. The predicted octanol–water partition coefficient (Wildman–Crippen LogP) is 4.43. The summed E-state index contributed by atoms with van der Waals surface area (Å²) >= 11 is 0. The van der Waals surface area contributed by atoms with Gasteiger partial charge in [0.05, 0.1) is 10.6 Å². The van der Waals surface area contributed by atoms with Gasteiger partial charge >= 0.3 is 0 Å². The molecule has 0 radical (unpaired) electrons. The van der Waals surface area contributed by atoms with Crippen molar-refractivity contribution in [2.24, 2.45) is 0 Å². The summed E-state index contributed by atoms with van der Waals surface area (Å²) in [6.07, 6.45) is 0. The lowest BCUT2D eigenvalue weighted by molar-refractivity contribution is -0.119. The maximum atomic E-state index is 13.5. The lowest BCUT2D eigenvalue weighted by atomic mass is 10.1. The first-order valence-electron chi connectivity index (χ1n) is 10.1. The maximum absolute atomic E-state index is 13.5. The van der Waals surface area contributed by atoms with E-state index >= 15 is 0 Å². The van der Waals surface area contributed by atoms with Gasteiger partial charge < -0.3 is 5.32 Å². The number of benzene rings is 3. The summed E-state index contributed by atoms with van der Waals surface area (Å²) in [4.78, 5) is 12.9. The molecular weight excluding hydrogens is 408 g/mol. The van der Waals surface area contributed by atoms with Gasteiger partial charge in [0, 0.05) is 6.54 Å². The normalized spacial score (nSPS) is 11.2. The van der Waals surface area contributed by atoms with E-state index in [0.717, 1.165) is 27.8 Å². The van der Waals surface area contributed by atoms with Crippen molar-refractivity contribution >= 4 is 21.6 Å². The minimum absolute atomic E-state index is 0.156. The van der Waals surface area contributed by atoms with Crippen LogP contribution in [0, 0.1) is 27.7 Å². The Morgan fingerprint density at radius 3 is 1.84 bits per heavy atom. The second kappa shape index (κ2) is 9.35. The standard InChI is InChI=1S/C25H28N2O3S/c1-18-5-9-22(10-6-18)16-26-25(28)17-27(23-14-20(3)13-21(4)15-23)31(29,30)24-11-7-19(2)8-12-24/h5-15H,16-17H2,1-4H3,(H,26,28). The molecule has 0 bridgehead atoms. The van der Waals surface area contributed by atoms with Crippen LogP contribution in [0.2, 0.25) is 0 Å². The van der Waals surface area contributed by atoms with Gasteiger partial charge in [-0.1, -0.05) is 53.6 Å². The number of hydrogen-bond donors (Lipinski definition) is 1. The minimum Gasteiger partial charge on any atom is -0.350 e. The summed E-state index contributed by atoms with van der Waals surface area (Å²) in [5.41, 5.74) is 5.40. The zero-order valence-corrected chi connectivity index (χ0v) is 19.2. The SMILES string of the molecule is Cc1ccc(CNC(=O)CN(c2cc(C)cc(C)c2)S(=O)(=O)c2ccc(C)cc2)cc1. The Labute approximate surface area is 184 Å². The van der Waals surface area contributed by atoms with Crippen LogP contribution in [0.25, 0.3) is 0 Å². The van der Waals surface area contributed by atoms with Gasteiger partial charge in [0.15, 0.2) is 0 Å². The van der Waals surface area contributed by atoms with E-state index in [2.05, 4.69) is 5.32 Å². The number of nitrogens with zero attached hydrogens (tertiary/aromatic N) is 1. The fraction of sp³-hybridized carbons (Fsp3) is 0.240. The molecule has 6 heteroatoms. The number of carbonyl (C=O) groups excluding carboxylic acids is 1. The molecule has 0 aliphatic heterocycles. The molecule has 0 aliphatic carbocycles. The van der Waals surface area contributed by atoms with Crippen molar-refractivity contribution in [2.45, 2.75) is 39.1 Å². The van der Waals surface area contributed by atoms with Crippen molar-refractivity contribution in [1.82, 2.24) is 5.32 Å². The highest BCUT2D eigenvalue weighted by molar-refractivity contribution is 7.92. The van der Waals surface area contributed by atoms with Crippen LogP contribution in [0.15, 0.2) is 71.6 Å². The molecular formula is C25H28N2O3S. The van der Waals surface area contributed by atoms with Gasteiger partial charge in [-0.3, -0.25) is 9.10 Å². The summed E-state index contributed by atoms with van der Waals surface area (Å²) in [6.45, 7) is 7.75. The number of amides is 1. The second-order valence-electron chi connectivity index (χ2n) is 7.93.